The van der Waals surface area contributed by atoms with Crippen LogP contribution in [0.5, 0.6) is 0 Å². The number of aliphatic carboxylic acids is 1. The van der Waals surface area contributed by atoms with Gasteiger partial charge >= 0.3 is 5.97 Å². The molecule has 17 heavy (non-hydrogen) atoms. The lowest BCUT2D eigenvalue weighted by Gasteiger charge is -2.42. The maximum Gasteiger partial charge on any atom is 0.323 e. The van der Waals surface area contributed by atoms with Gasteiger partial charge < -0.3 is 10.0 Å². The predicted molar refractivity (Wildman–Crippen MR) is 67.1 cm³/mol. The van der Waals surface area contributed by atoms with Gasteiger partial charge in [-0.2, -0.15) is 0 Å². The Balaban J connectivity index is 2.00. The number of rotatable bonds is 3. The lowest BCUT2D eigenvalue weighted by molar-refractivity contribution is -0.150. The highest BCUT2D eigenvalue weighted by molar-refractivity contribution is 5.78. The first-order chi connectivity index (χ1) is 8.08. The molecule has 4 nitrogen and oxygen atoms in total. The molecular formula is C13H24N2O2. The minimum atomic E-state index is -0.645. The second-order valence-electron chi connectivity index (χ2n) is 5.54. The summed E-state index contributed by atoms with van der Waals surface area (Å²) in [5.41, 5.74) is -0.612. The van der Waals surface area contributed by atoms with Crippen molar-refractivity contribution >= 4 is 5.97 Å². The average Bonchev–Trinajstić information content (AvgIpc) is 2.73. The van der Waals surface area contributed by atoms with E-state index in [1.54, 1.807) is 0 Å². The SMILES string of the molecule is CCN1CCC(N2CCCC2(C)C(=O)O)CC1. The fraction of sp³-hybridized carbons (Fsp3) is 0.923. The van der Waals surface area contributed by atoms with Crippen LogP contribution in [0.2, 0.25) is 0 Å². The fourth-order valence-corrected chi connectivity index (χ4v) is 3.35. The van der Waals surface area contributed by atoms with Crippen molar-refractivity contribution in [1.29, 1.82) is 0 Å². The van der Waals surface area contributed by atoms with Crippen LogP contribution < -0.4 is 0 Å². The standard InChI is InChI=1S/C13H24N2O2/c1-3-14-9-5-11(6-10-14)15-8-4-7-13(15,2)12(16)17/h11H,3-10H2,1-2H3,(H,16,17). The summed E-state index contributed by atoms with van der Waals surface area (Å²) in [4.78, 5) is 16.1. The molecule has 0 aromatic heterocycles. The number of carboxylic acid groups (broad SMARTS) is 1. The van der Waals surface area contributed by atoms with Crippen molar-refractivity contribution in [3.63, 3.8) is 0 Å². The van der Waals surface area contributed by atoms with Crippen molar-refractivity contribution in [2.45, 2.75) is 51.1 Å². The normalized spacial score (nSPS) is 33.1. The first-order valence-corrected chi connectivity index (χ1v) is 6.80. The molecule has 2 aliphatic heterocycles. The Morgan fingerprint density at radius 3 is 2.53 bits per heavy atom. The summed E-state index contributed by atoms with van der Waals surface area (Å²) >= 11 is 0. The number of carboxylic acids is 1. The van der Waals surface area contributed by atoms with Crippen molar-refractivity contribution in [3.8, 4) is 0 Å². The van der Waals surface area contributed by atoms with E-state index in [1.807, 2.05) is 6.92 Å². The highest BCUT2D eigenvalue weighted by Crippen LogP contribution is 2.34. The predicted octanol–water partition coefficient (Wildman–Crippen LogP) is 1.41. The quantitative estimate of drug-likeness (QED) is 0.810. The van der Waals surface area contributed by atoms with Crippen molar-refractivity contribution in [3.05, 3.63) is 0 Å². The third kappa shape index (κ3) is 2.33. The number of hydrogen-bond acceptors (Lipinski definition) is 3. The van der Waals surface area contributed by atoms with E-state index >= 15 is 0 Å². The zero-order chi connectivity index (χ0) is 12.5. The first kappa shape index (κ1) is 12.8. The largest absolute Gasteiger partial charge is 0.480 e. The zero-order valence-electron chi connectivity index (χ0n) is 11.0. The molecule has 1 N–H and O–H groups in total. The molecule has 2 heterocycles. The topological polar surface area (TPSA) is 43.8 Å². The van der Waals surface area contributed by atoms with E-state index in [2.05, 4.69) is 16.7 Å². The van der Waals surface area contributed by atoms with E-state index in [0.717, 1.165) is 51.9 Å². The molecule has 1 unspecified atom stereocenters. The van der Waals surface area contributed by atoms with E-state index in [-0.39, 0.29) is 0 Å². The van der Waals surface area contributed by atoms with Crippen LogP contribution in [0.15, 0.2) is 0 Å². The Labute approximate surface area is 104 Å². The third-order valence-corrected chi connectivity index (χ3v) is 4.60. The van der Waals surface area contributed by atoms with Crippen LogP contribution in [0.3, 0.4) is 0 Å². The van der Waals surface area contributed by atoms with Crippen molar-refractivity contribution in [2.24, 2.45) is 0 Å². The second-order valence-corrected chi connectivity index (χ2v) is 5.54. The van der Waals surface area contributed by atoms with E-state index < -0.39 is 11.5 Å². The molecule has 0 aromatic rings. The minimum Gasteiger partial charge on any atom is -0.480 e. The molecular weight excluding hydrogens is 216 g/mol. The van der Waals surface area contributed by atoms with Crippen LogP contribution in [0, 0.1) is 0 Å². The van der Waals surface area contributed by atoms with Gasteiger partial charge in [-0.3, -0.25) is 9.69 Å². The van der Waals surface area contributed by atoms with E-state index in [1.165, 1.54) is 0 Å². The minimum absolute atomic E-state index is 0.474. The molecule has 98 valence electrons. The summed E-state index contributed by atoms with van der Waals surface area (Å²) in [6, 6.07) is 0.474. The number of likely N-dealkylation sites (tertiary alicyclic amines) is 2. The van der Waals surface area contributed by atoms with Crippen molar-refractivity contribution < 1.29 is 9.90 Å². The highest BCUT2D eigenvalue weighted by atomic mass is 16.4. The molecule has 4 heteroatoms. The van der Waals surface area contributed by atoms with Crippen LogP contribution in [0.25, 0.3) is 0 Å². The Morgan fingerprint density at radius 2 is 2.00 bits per heavy atom. The van der Waals surface area contributed by atoms with Gasteiger partial charge in [-0.1, -0.05) is 6.92 Å². The smallest absolute Gasteiger partial charge is 0.323 e. The Bertz CT molecular complexity index is 287. The zero-order valence-corrected chi connectivity index (χ0v) is 11.0. The van der Waals surface area contributed by atoms with Gasteiger partial charge in [-0.05, 0) is 58.8 Å². The van der Waals surface area contributed by atoms with Crippen LogP contribution in [0.4, 0.5) is 0 Å². The van der Waals surface area contributed by atoms with Gasteiger partial charge in [0.05, 0.1) is 0 Å². The fourth-order valence-electron chi connectivity index (χ4n) is 3.35. The van der Waals surface area contributed by atoms with Gasteiger partial charge in [-0.15, -0.1) is 0 Å². The maximum absolute atomic E-state index is 11.4. The summed E-state index contributed by atoms with van der Waals surface area (Å²) in [6.07, 6.45) is 4.07. The van der Waals surface area contributed by atoms with Gasteiger partial charge in [0, 0.05) is 6.04 Å². The Hall–Kier alpha value is -0.610. The molecule has 0 spiro atoms. The Morgan fingerprint density at radius 1 is 1.35 bits per heavy atom. The van der Waals surface area contributed by atoms with Gasteiger partial charge in [0.15, 0.2) is 0 Å². The summed E-state index contributed by atoms with van der Waals surface area (Å²) in [5.74, 6) is -0.645. The summed E-state index contributed by atoms with van der Waals surface area (Å²) < 4.78 is 0. The van der Waals surface area contributed by atoms with Crippen LogP contribution in [-0.2, 0) is 4.79 Å². The van der Waals surface area contributed by atoms with E-state index in [0.29, 0.717) is 6.04 Å². The lowest BCUT2D eigenvalue weighted by atomic mass is 9.94. The summed E-state index contributed by atoms with van der Waals surface area (Å²) in [7, 11) is 0. The van der Waals surface area contributed by atoms with Crippen LogP contribution in [0.1, 0.15) is 39.5 Å². The number of piperidine rings is 1. The molecule has 0 saturated carbocycles. The van der Waals surface area contributed by atoms with Gasteiger partial charge in [-0.25, -0.2) is 0 Å². The highest BCUT2D eigenvalue weighted by Gasteiger charge is 2.46. The van der Waals surface area contributed by atoms with E-state index in [4.69, 9.17) is 0 Å². The Kier molecular flexibility index (Phi) is 3.73. The van der Waals surface area contributed by atoms with Crippen molar-refractivity contribution in [2.75, 3.05) is 26.2 Å². The maximum atomic E-state index is 11.4. The van der Waals surface area contributed by atoms with E-state index in [9.17, 15) is 9.90 Å². The molecule has 0 aromatic carbocycles. The van der Waals surface area contributed by atoms with Crippen molar-refractivity contribution in [1.82, 2.24) is 9.80 Å². The number of hydrogen-bond donors (Lipinski definition) is 1. The van der Waals surface area contributed by atoms with Gasteiger partial charge in [0.25, 0.3) is 0 Å². The first-order valence-electron chi connectivity index (χ1n) is 6.80. The van der Waals surface area contributed by atoms with Crippen LogP contribution >= 0.6 is 0 Å². The molecule has 2 fully saturated rings. The summed E-state index contributed by atoms with van der Waals surface area (Å²) in [5, 5.41) is 9.42. The molecule has 0 aliphatic carbocycles. The number of carbonyl (C=O) groups is 1. The van der Waals surface area contributed by atoms with Crippen LogP contribution in [-0.4, -0.2) is 58.6 Å². The van der Waals surface area contributed by atoms with Gasteiger partial charge in [0.1, 0.15) is 5.54 Å². The molecule has 0 bridgehead atoms. The molecule has 2 aliphatic rings. The molecule has 2 saturated heterocycles. The number of nitrogens with zero attached hydrogens (tertiary/aromatic N) is 2. The molecule has 2 rings (SSSR count). The summed E-state index contributed by atoms with van der Waals surface area (Å²) in [6.45, 7) is 8.40. The molecule has 0 radical (unpaired) electrons. The monoisotopic (exact) mass is 240 g/mol. The average molecular weight is 240 g/mol. The molecule has 1 atom stereocenters. The second kappa shape index (κ2) is 4.94. The lowest BCUT2D eigenvalue weighted by Crippen LogP contribution is -2.55. The third-order valence-electron chi connectivity index (χ3n) is 4.60. The van der Waals surface area contributed by atoms with Gasteiger partial charge in [0.2, 0.25) is 0 Å². The molecule has 0 amide bonds.